The van der Waals surface area contributed by atoms with Crippen molar-refractivity contribution in [1.29, 1.82) is 0 Å². The van der Waals surface area contributed by atoms with Crippen molar-refractivity contribution in [1.82, 2.24) is 15.3 Å². The number of nitrogens with zero attached hydrogens (tertiary/aromatic N) is 2. The van der Waals surface area contributed by atoms with Gasteiger partial charge in [0.25, 0.3) is 0 Å². The van der Waals surface area contributed by atoms with Gasteiger partial charge in [-0.15, -0.1) is 11.3 Å². The Morgan fingerprint density at radius 3 is 2.64 bits per heavy atom. The van der Waals surface area contributed by atoms with Crippen molar-refractivity contribution in [3.05, 3.63) is 58.9 Å². The van der Waals surface area contributed by atoms with Gasteiger partial charge in [0.15, 0.2) is 11.5 Å². The molecule has 0 unspecified atom stereocenters. The van der Waals surface area contributed by atoms with Gasteiger partial charge in [-0.05, 0) is 25.1 Å². The van der Waals surface area contributed by atoms with Crippen molar-refractivity contribution in [2.24, 2.45) is 0 Å². The van der Waals surface area contributed by atoms with E-state index in [2.05, 4.69) is 15.3 Å². The molecule has 1 aromatic carbocycles. The van der Waals surface area contributed by atoms with Crippen LogP contribution in [0.5, 0.6) is 11.5 Å². The molecule has 3 aromatic rings. The van der Waals surface area contributed by atoms with E-state index < -0.39 is 0 Å². The van der Waals surface area contributed by atoms with Crippen LogP contribution in [0.2, 0.25) is 0 Å². The number of thiazole rings is 1. The van der Waals surface area contributed by atoms with Gasteiger partial charge in [-0.25, -0.2) is 4.98 Å². The van der Waals surface area contributed by atoms with Crippen LogP contribution in [0.1, 0.15) is 16.3 Å². The number of pyridine rings is 1. The Morgan fingerprint density at radius 2 is 1.88 bits per heavy atom. The normalized spacial score (nSPS) is 10.7. The van der Waals surface area contributed by atoms with Gasteiger partial charge < -0.3 is 14.8 Å². The smallest absolute Gasteiger partial charge is 0.165 e. The molecular formula is C19H21N3O2S. The molecule has 0 spiro atoms. The maximum absolute atomic E-state index is 5.46. The number of nitrogens with one attached hydrogen (secondary N) is 1. The zero-order chi connectivity index (χ0) is 17.6. The predicted molar refractivity (Wildman–Crippen MR) is 100 cm³/mol. The number of aromatic nitrogens is 2. The van der Waals surface area contributed by atoms with E-state index in [4.69, 9.17) is 9.47 Å². The minimum Gasteiger partial charge on any atom is -0.493 e. The topological polar surface area (TPSA) is 56.3 Å². The third-order valence-corrected chi connectivity index (χ3v) is 4.79. The first-order valence-electron chi connectivity index (χ1n) is 8.00. The molecule has 0 saturated carbocycles. The van der Waals surface area contributed by atoms with E-state index in [-0.39, 0.29) is 0 Å². The van der Waals surface area contributed by atoms with Gasteiger partial charge in [0, 0.05) is 30.5 Å². The van der Waals surface area contributed by atoms with E-state index in [1.54, 1.807) is 25.6 Å². The standard InChI is InChI=1S/C19H21N3O2S/c1-13-6-4-8-15(22-13)17-11-21-18(25-17)12-20-10-14-7-5-9-16(23-2)19(14)24-3/h4-9,11,20H,10,12H2,1-3H3. The van der Waals surface area contributed by atoms with Gasteiger partial charge in [-0.1, -0.05) is 18.2 Å². The Bertz CT molecular complexity index is 848. The van der Waals surface area contributed by atoms with E-state index >= 15 is 0 Å². The summed E-state index contributed by atoms with van der Waals surface area (Å²) >= 11 is 1.66. The highest BCUT2D eigenvalue weighted by molar-refractivity contribution is 7.15. The minimum absolute atomic E-state index is 0.679. The molecule has 0 fully saturated rings. The summed E-state index contributed by atoms with van der Waals surface area (Å²) in [5, 5.41) is 4.44. The highest BCUT2D eigenvalue weighted by atomic mass is 32.1. The zero-order valence-electron chi connectivity index (χ0n) is 14.6. The highest BCUT2D eigenvalue weighted by Crippen LogP contribution is 2.30. The summed E-state index contributed by atoms with van der Waals surface area (Å²) in [6.45, 7) is 3.36. The number of rotatable bonds is 7. The van der Waals surface area contributed by atoms with E-state index in [1.807, 2.05) is 49.5 Å². The number of hydrogen-bond acceptors (Lipinski definition) is 6. The lowest BCUT2D eigenvalue weighted by Gasteiger charge is -2.12. The molecule has 0 radical (unpaired) electrons. The number of ether oxygens (including phenoxy) is 2. The van der Waals surface area contributed by atoms with Crippen LogP contribution in [0.25, 0.3) is 10.6 Å². The second-order valence-corrected chi connectivity index (χ2v) is 6.65. The lowest BCUT2D eigenvalue weighted by atomic mass is 10.2. The monoisotopic (exact) mass is 355 g/mol. The maximum Gasteiger partial charge on any atom is 0.165 e. The third-order valence-electron chi connectivity index (χ3n) is 3.77. The quantitative estimate of drug-likeness (QED) is 0.698. The Labute approximate surface area is 151 Å². The van der Waals surface area contributed by atoms with Crippen LogP contribution >= 0.6 is 11.3 Å². The highest BCUT2D eigenvalue weighted by Gasteiger charge is 2.10. The van der Waals surface area contributed by atoms with Crippen molar-refractivity contribution < 1.29 is 9.47 Å². The number of methoxy groups -OCH3 is 2. The summed E-state index contributed by atoms with van der Waals surface area (Å²) in [5.41, 5.74) is 3.04. The Hall–Kier alpha value is -2.44. The molecule has 0 atom stereocenters. The number of benzene rings is 1. The largest absolute Gasteiger partial charge is 0.493 e. The molecule has 0 saturated heterocycles. The molecule has 0 amide bonds. The van der Waals surface area contributed by atoms with Gasteiger partial charge in [-0.3, -0.25) is 4.98 Å². The zero-order valence-corrected chi connectivity index (χ0v) is 15.4. The molecule has 0 bridgehead atoms. The van der Waals surface area contributed by atoms with Crippen LogP contribution in [-0.2, 0) is 13.1 Å². The number of para-hydroxylation sites is 1. The fourth-order valence-corrected chi connectivity index (χ4v) is 3.44. The molecule has 25 heavy (non-hydrogen) atoms. The first kappa shape index (κ1) is 17.4. The molecule has 130 valence electrons. The summed E-state index contributed by atoms with van der Waals surface area (Å²) in [6.07, 6.45) is 1.88. The van der Waals surface area contributed by atoms with Crippen LogP contribution in [0.3, 0.4) is 0 Å². The van der Waals surface area contributed by atoms with Crippen LogP contribution in [0.15, 0.2) is 42.6 Å². The maximum atomic E-state index is 5.46. The second kappa shape index (κ2) is 8.09. The predicted octanol–water partition coefficient (Wildman–Crippen LogP) is 3.82. The van der Waals surface area contributed by atoms with Gasteiger partial charge >= 0.3 is 0 Å². The lowest BCUT2D eigenvalue weighted by Crippen LogP contribution is -2.13. The molecule has 6 heteroatoms. The van der Waals surface area contributed by atoms with E-state index in [1.165, 1.54) is 0 Å². The van der Waals surface area contributed by atoms with Gasteiger partial charge in [0.05, 0.1) is 24.8 Å². The molecule has 2 aromatic heterocycles. The fraction of sp³-hybridized carbons (Fsp3) is 0.263. The summed E-state index contributed by atoms with van der Waals surface area (Å²) < 4.78 is 10.8. The molecule has 1 N–H and O–H groups in total. The molecule has 0 aliphatic heterocycles. The summed E-state index contributed by atoms with van der Waals surface area (Å²) in [6, 6.07) is 11.9. The number of aryl methyl sites for hydroxylation is 1. The average Bonchev–Trinajstić information content (AvgIpc) is 3.10. The van der Waals surface area contributed by atoms with E-state index in [0.717, 1.165) is 38.3 Å². The molecule has 2 heterocycles. The molecule has 0 aliphatic rings. The minimum atomic E-state index is 0.679. The van der Waals surface area contributed by atoms with E-state index in [0.29, 0.717) is 13.1 Å². The van der Waals surface area contributed by atoms with Crippen molar-refractivity contribution in [2.45, 2.75) is 20.0 Å². The Kier molecular flexibility index (Phi) is 5.63. The summed E-state index contributed by atoms with van der Waals surface area (Å²) in [4.78, 5) is 10.1. The van der Waals surface area contributed by atoms with E-state index in [9.17, 15) is 0 Å². The van der Waals surface area contributed by atoms with Crippen LogP contribution in [0.4, 0.5) is 0 Å². The first-order chi connectivity index (χ1) is 12.2. The second-order valence-electron chi connectivity index (χ2n) is 5.54. The van der Waals surface area contributed by atoms with Gasteiger partial charge in [-0.2, -0.15) is 0 Å². The summed E-state index contributed by atoms with van der Waals surface area (Å²) in [5.74, 6) is 1.50. The molecule has 0 aliphatic carbocycles. The Morgan fingerprint density at radius 1 is 1.04 bits per heavy atom. The SMILES string of the molecule is COc1cccc(CNCc2ncc(-c3cccc(C)n3)s2)c1OC. The summed E-state index contributed by atoms with van der Waals surface area (Å²) in [7, 11) is 3.30. The van der Waals surface area contributed by atoms with Crippen molar-refractivity contribution in [2.75, 3.05) is 14.2 Å². The van der Waals surface area contributed by atoms with Crippen LogP contribution in [-0.4, -0.2) is 24.2 Å². The molecule has 5 nitrogen and oxygen atoms in total. The van der Waals surface area contributed by atoms with Crippen molar-refractivity contribution >= 4 is 11.3 Å². The fourth-order valence-electron chi connectivity index (χ4n) is 2.59. The molecular weight excluding hydrogens is 334 g/mol. The van der Waals surface area contributed by atoms with Crippen molar-refractivity contribution in [3.8, 4) is 22.1 Å². The average molecular weight is 355 g/mol. The van der Waals surface area contributed by atoms with Crippen LogP contribution in [0, 0.1) is 6.92 Å². The molecule has 3 rings (SSSR count). The Balaban J connectivity index is 1.64. The van der Waals surface area contributed by atoms with Crippen LogP contribution < -0.4 is 14.8 Å². The first-order valence-corrected chi connectivity index (χ1v) is 8.82. The third kappa shape index (κ3) is 4.15. The lowest BCUT2D eigenvalue weighted by molar-refractivity contribution is 0.350. The van der Waals surface area contributed by atoms with Crippen molar-refractivity contribution in [3.63, 3.8) is 0 Å². The van der Waals surface area contributed by atoms with Gasteiger partial charge in [0.1, 0.15) is 5.01 Å². The van der Waals surface area contributed by atoms with Gasteiger partial charge in [0.2, 0.25) is 0 Å². The number of hydrogen-bond donors (Lipinski definition) is 1.